The van der Waals surface area contributed by atoms with Gasteiger partial charge in [-0.05, 0) is 6.92 Å². The van der Waals surface area contributed by atoms with Crippen LogP contribution in [0.25, 0.3) is 0 Å². The van der Waals surface area contributed by atoms with Crippen LogP contribution in [0.15, 0.2) is 0 Å². The fourth-order valence-corrected chi connectivity index (χ4v) is 0.666. The maximum absolute atomic E-state index is 11.9. The van der Waals surface area contributed by atoms with Gasteiger partial charge in [0.15, 0.2) is 0 Å². The topological polar surface area (TPSA) is 3.24 Å². The van der Waals surface area contributed by atoms with Gasteiger partial charge in [-0.3, -0.25) is 4.90 Å². The van der Waals surface area contributed by atoms with E-state index < -0.39 is 6.17 Å². The molecule has 0 aromatic carbocycles. The molecule has 1 saturated heterocycles. The molecule has 0 aromatic heterocycles. The molecule has 0 unspecified atom stereocenters. The number of rotatable bonds is 1. The third-order valence-electron chi connectivity index (χ3n) is 1.23. The van der Waals surface area contributed by atoms with Gasteiger partial charge in [0.05, 0.1) is 0 Å². The van der Waals surface area contributed by atoms with Gasteiger partial charge in [-0.2, -0.15) is 0 Å². The Morgan fingerprint density at radius 2 is 2.29 bits per heavy atom. The summed E-state index contributed by atoms with van der Waals surface area (Å²) in [4.78, 5) is 1.95. The summed E-state index contributed by atoms with van der Waals surface area (Å²) in [5.41, 5.74) is 0. The molecular formula is C5H9FN. The second-order valence-corrected chi connectivity index (χ2v) is 1.81. The summed E-state index contributed by atoms with van der Waals surface area (Å²) in [6.45, 7) is 5.05. The first-order valence-corrected chi connectivity index (χ1v) is 2.50. The molecule has 1 aliphatic heterocycles. The maximum atomic E-state index is 11.9. The van der Waals surface area contributed by atoms with Crippen molar-refractivity contribution in [2.24, 2.45) is 0 Å². The molecule has 1 nitrogen and oxygen atoms in total. The summed E-state index contributed by atoms with van der Waals surface area (Å²) in [6, 6.07) is 0. The molecule has 1 radical (unpaired) electrons. The molecule has 0 aromatic rings. The molecule has 0 amide bonds. The molecule has 0 aliphatic carbocycles. The molecule has 2 heteroatoms. The van der Waals surface area contributed by atoms with Gasteiger partial charge in [0, 0.05) is 19.6 Å². The minimum Gasteiger partial charge on any atom is -0.293 e. The lowest BCUT2D eigenvalue weighted by molar-refractivity contribution is 0.0945. The van der Waals surface area contributed by atoms with E-state index in [-0.39, 0.29) is 0 Å². The number of alkyl halides is 1. The molecule has 0 saturated carbocycles. The highest BCUT2D eigenvalue weighted by Gasteiger charge is 2.23. The van der Waals surface area contributed by atoms with Crippen LogP contribution in [0, 0.1) is 6.54 Å². The van der Waals surface area contributed by atoms with E-state index in [1.165, 1.54) is 0 Å². The number of likely N-dealkylation sites (tertiary alicyclic amines) is 1. The quantitative estimate of drug-likeness (QED) is 0.474. The maximum Gasteiger partial charge on any atom is 0.125 e. The van der Waals surface area contributed by atoms with Crippen LogP contribution in [0.5, 0.6) is 0 Å². The highest BCUT2D eigenvalue weighted by molar-refractivity contribution is 4.82. The fraction of sp³-hybridized carbons (Fsp3) is 0.800. The van der Waals surface area contributed by atoms with Crippen LogP contribution in [-0.4, -0.2) is 24.2 Å². The summed E-state index contributed by atoms with van der Waals surface area (Å²) >= 11 is 0. The van der Waals surface area contributed by atoms with Gasteiger partial charge in [0.1, 0.15) is 6.17 Å². The molecule has 1 heterocycles. The fourth-order valence-electron chi connectivity index (χ4n) is 0.666. The minimum atomic E-state index is -0.559. The van der Waals surface area contributed by atoms with Gasteiger partial charge in [0.2, 0.25) is 0 Å². The Labute approximate surface area is 43.1 Å². The number of hydrogen-bond donors (Lipinski definition) is 0. The van der Waals surface area contributed by atoms with Crippen molar-refractivity contribution in [3.05, 3.63) is 6.54 Å². The first kappa shape index (κ1) is 5.04. The second kappa shape index (κ2) is 1.78. The summed E-state index contributed by atoms with van der Waals surface area (Å²) < 4.78 is 11.9. The molecule has 1 rings (SSSR count). The van der Waals surface area contributed by atoms with Crippen LogP contribution in [0.1, 0.15) is 6.92 Å². The van der Waals surface area contributed by atoms with Crippen LogP contribution < -0.4 is 0 Å². The average molecular weight is 102 g/mol. The lowest BCUT2D eigenvalue weighted by atomic mass is 10.2. The van der Waals surface area contributed by atoms with Crippen LogP contribution in [-0.2, 0) is 0 Å². The summed E-state index contributed by atoms with van der Waals surface area (Å²) in [7, 11) is 0. The molecule has 1 aliphatic rings. The Kier molecular flexibility index (Phi) is 1.28. The number of nitrogens with zero attached hydrogens (tertiary/aromatic N) is 1. The second-order valence-electron chi connectivity index (χ2n) is 1.81. The molecule has 0 N–H and O–H groups in total. The van der Waals surface area contributed by atoms with Crippen molar-refractivity contribution in [1.82, 2.24) is 4.90 Å². The van der Waals surface area contributed by atoms with Crippen molar-refractivity contribution < 1.29 is 4.39 Å². The molecule has 0 bridgehead atoms. The zero-order valence-electron chi connectivity index (χ0n) is 4.39. The normalized spacial score (nSPS) is 24.9. The van der Waals surface area contributed by atoms with Gasteiger partial charge in [-0.1, -0.05) is 0 Å². The lowest BCUT2D eigenvalue weighted by Gasteiger charge is -2.32. The Balaban J connectivity index is 2.06. The molecule has 41 valence electrons. The van der Waals surface area contributed by atoms with E-state index in [0.29, 0.717) is 13.1 Å². The Morgan fingerprint density at radius 1 is 1.71 bits per heavy atom. The molecule has 0 spiro atoms. The minimum absolute atomic E-state index is 0.559. The van der Waals surface area contributed by atoms with Crippen molar-refractivity contribution in [1.29, 1.82) is 0 Å². The van der Waals surface area contributed by atoms with Crippen LogP contribution in [0.3, 0.4) is 0 Å². The van der Waals surface area contributed by atoms with Gasteiger partial charge in [-0.25, -0.2) is 4.39 Å². The Morgan fingerprint density at radius 3 is 2.43 bits per heavy atom. The van der Waals surface area contributed by atoms with Crippen LogP contribution >= 0.6 is 0 Å². The van der Waals surface area contributed by atoms with E-state index in [0.717, 1.165) is 0 Å². The summed E-state index contributed by atoms with van der Waals surface area (Å²) in [5, 5.41) is 0. The van der Waals surface area contributed by atoms with E-state index in [1.807, 2.05) is 18.4 Å². The van der Waals surface area contributed by atoms with Gasteiger partial charge >= 0.3 is 0 Å². The zero-order chi connectivity index (χ0) is 5.28. The van der Waals surface area contributed by atoms with E-state index in [1.54, 1.807) is 0 Å². The third-order valence-corrected chi connectivity index (χ3v) is 1.23. The molecule has 1 fully saturated rings. The smallest absolute Gasteiger partial charge is 0.125 e. The van der Waals surface area contributed by atoms with Crippen molar-refractivity contribution in [2.45, 2.75) is 13.1 Å². The van der Waals surface area contributed by atoms with Crippen LogP contribution in [0.4, 0.5) is 4.39 Å². The van der Waals surface area contributed by atoms with Crippen molar-refractivity contribution in [2.75, 3.05) is 13.1 Å². The predicted octanol–water partition coefficient (Wildman–Crippen LogP) is 0.822. The van der Waals surface area contributed by atoms with E-state index in [2.05, 4.69) is 0 Å². The van der Waals surface area contributed by atoms with Crippen molar-refractivity contribution >= 4 is 0 Å². The van der Waals surface area contributed by atoms with Gasteiger partial charge < -0.3 is 0 Å². The molecule has 7 heavy (non-hydrogen) atoms. The van der Waals surface area contributed by atoms with Crippen LogP contribution in [0.2, 0.25) is 0 Å². The SMILES string of the molecule is C[CH]N1CC(F)C1. The summed E-state index contributed by atoms with van der Waals surface area (Å²) in [6.07, 6.45) is -0.559. The number of hydrogen-bond acceptors (Lipinski definition) is 1. The highest BCUT2D eigenvalue weighted by Crippen LogP contribution is 2.11. The monoisotopic (exact) mass is 102 g/mol. The lowest BCUT2D eigenvalue weighted by Crippen LogP contribution is -2.45. The third kappa shape index (κ3) is 0.911. The number of halogens is 1. The first-order chi connectivity index (χ1) is 3.33. The zero-order valence-corrected chi connectivity index (χ0v) is 4.39. The van der Waals surface area contributed by atoms with Gasteiger partial charge in [-0.15, -0.1) is 0 Å². The highest BCUT2D eigenvalue weighted by atomic mass is 19.1. The molecule has 0 atom stereocenters. The Hall–Kier alpha value is -0.110. The van der Waals surface area contributed by atoms with E-state index in [9.17, 15) is 4.39 Å². The van der Waals surface area contributed by atoms with Crippen molar-refractivity contribution in [3.63, 3.8) is 0 Å². The standard InChI is InChI=1S/C5H9FN/c1-2-7-3-5(6)4-7/h2,5H,3-4H2,1H3. The van der Waals surface area contributed by atoms with E-state index in [4.69, 9.17) is 0 Å². The first-order valence-electron chi connectivity index (χ1n) is 2.50. The largest absolute Gasteiger partial charge is 0.293 e. The Bertz CT molecular complexity index is 59.1. The summed E-state index contributed by atoms with van der Waals surface area (Å²) in [5.74, 6) is 0. The predicted molar refractivity (Wildman–Crippen MR) is 26.4 cm³/mol. The van der Waals surface area contributed by atoms with E-state index >= 15 is 0 Å². The molecular weight excluding hydrogens is 93.1 g/mol. The average Bonchev–Trinajstić information content (AvgIpc) is 1.58. The van der Waals surface area contributed by atoms with Gasteiger partial charge in [0.25, 0.3) is 0 Å². The van der Waals surface area contributed by atoms with Crippen molar-refractivity contribution in [3.8, 4) is 0 Å².